The molecule has 0 radical (unpaired) electrons. The van der Waals surface area contributed by atoms with E-state index in [-0.39, 0.29) is 5.76 Å². The number of ether oxygens (including phenoxy) is 8. The van der Waals surface area contributed by atoms with E-state index in [9.17, 15) is 4.79 Å². The first-order chi connectivity index (χ1) is 11.8. The van der Waals surface area contributed by atoms with Gasteiger partial charge in [0.2, 0.25) is 5.60 Å². The fraction of sp³-hybridized carbons (Fsp3) is 0.800. The van der Waals surface area contributed by atoms with Gasteiger partial charge >= 0.3 is 0 Å². The van der Waals surface area contributed by atoms with Crippen molar-refractivity contribution in [2.24, 2.45) is 5.73 Å². The molecule has 0 heterocycles. The van der Waals surface area contributed by atoms with E-state index < -0.39 is 28.9 Å². The van der Waals surface area contributed by atoms with E-state index in [2.05, 4.69) is 0 Å². The van der Waals surface area contributed by atoms with Gasteiger partial charge in [0, 0.05) is 55.8 Å². The van der Waals surface area contributed by atoms with Gasteiger partial charge < -0.3 is 43.6 Å². The summed E-state index contributed by atoms with van der Waals surface area (Å²) in [4.78, 5) is 12.5. The van der Waals surface area contributed by atoms with Crippen LogP contribution in [0.1, 0.15) is 0 Å². The minimum Gasteiger partial charge on any atom is -0.495 e. The molecule has 0 saturated heterocycles. The molecule has 1 aliphatic rings. The van der Waals surface area contributed by atoms with E-state index in [1.807, 2.05) is 0 Å². The maximum absolute atomic E-state index is 12.5. The van der Waals surface area contributed by atoms with Crippen LogP contribution in [0.5, 0.6) is 0 Å². The summed E-state index contributed by atoms with van der Waals surface area (Å²) in [5, 5.41) is 0. The Hall–Kier alpha value is -1.27. The van der Waals surface area contributed by atoms with Crippen LogP contribution in [0.3, 0.4) is 0 Å². The van der Waals surface area contributed by atoms with E-state index in [1.54, 1.807) is 0 Å². The molecule has 1 rings (SSSR count). The molecule has 10 nitrogen and oxygen atoms in total. The number of primary amides is 1. The highest BCUT2D eigenvalue weighted by atomic mass is 16.8. The predicted octanol–water partition coefficient (Wildman–Crippen LogP) is -0.632. The third kappa shape index (κ3) is 2.26. The summed E-state index contributed by atoms with van der Waals surface area (Å²) < 4.78 is 44.4. The molecule has 1 unspecified atom stereocenters. The molecule has 10 heteroatoms. The van der Waals surface area contributed by atoms with Crippen molar-refractivity contribution in [1.29, 1.82) is 0 Å². The lowest BCUT2D eigenvalue weighted by molar-refractivity contribution is -0.496. The standard InChI is InChI=1S/C15H27NO9/c1-18-10-9-12(19-2,11(16)17)14(22-5,23-6)15(24-7,25-8)13(10,20-3)21-4/h9H,1-8H3,(H2,16,17). The summed E-state index contributed by atoms with van der Waals surface area (Å²) in [7, 11) is 10.4. The van der Waals surface area contributed by atoms with E-state index >= 15 is 0 Å². The molecule has 0 aliphatic heterocycles. The second-order valence-corrected chi connectivity index (χ2v) is 5.09. The van der Waals surface area contributed by atoms with Gasteiger partial charge in [-0.3, -0.25) is 4.79 Å². The van der Waals surface area contributed by atoms with Gasteiger partial charge in [0.25, 0.3) is 23.3 Å². The fourth-order valence-electron chi connectivity index (χ4n) is 3.55. The summed E-state index contributed by atoms with van der Waals surface area (Å²) in [6.07, 6.45) is 1.26. The average molecular weight is 365 g/mol. The lowest BCUT2D eigenvalue weighted by atomic mass is 9.73. The van der Waals surface area contributed by atoms with Crippen LogP contribution in [0.15, 0.2) is 11.8 Å². The summed E-state index contributed by atoms with van der Waals surface area (Å²) >= 11 is 0. The quantitative estimate of drug-likeness (QED) is 0.533. The van der Waals surface area contributed by atoms with Crippen LogP contribution in [0.4, 0.5) is 0 Å². The molecular formula is C15H27NO9. The van der Waals surface area contributed by atoms with E-state index in [4.69, 9.17) is 43.6 Å². The van der Waals surface area contributed by atoms with Crippen molar-refractivity contribution in [2.75, 3.05) is 56.9 Å². The van der Waals surface area contributed by atoms with Crippen molar-refractivity contribution in [3.05, 3.63) is 11.8 Å². The Balaban J connectivity index is 4.16. The second-order valence-electron chi connectivity index (χ2n) is 5.09. The van der Waals surface area contributed by atoms with Crippen molar-refractivity contribution in [3.8, 4) is 0 Å². The Labute approximate surface area is 147 Å². The van der Waals surface area contributed by atoms with Crippen LogP contribution in [0.2, 0.25) is 0 Å². The first kappa shape index (κ1) is 21.8. The topological polar surface area (TPSA) is 117 Å². The molecular weight excluding hydrogens is 338 g/mol. The van der Waals surface area contributed by atoms with Gasteiger partial charge in [0.05, 0.1) is 7.11 Å². The van der Waals surface area contributed by atoms with Gasteiger partial charge in [-0.1, -0.05) is 0 Å². The lowest BCUT2D eigenvalue weighted by Crippen LogP contribution is -2.84. The third-order valence-corrected chi connectivity index (χ3v) is 4.65. The molecule has 2 N–H and O–H groups in total. The Bertz CT molecular complexity index is 509. The molecule has 0 aromatic heterocycles. The van der Waals surface area contributed by atoms with Gasteiger partial charge in [-0.2, -0.15) is 0 Å². The summed E-state index contributed by atoms with van der Waals surface area (Å²) in [5.41, 5.74) is 3.64. The van der Waals surface area contributed by atoms with Crippen LogP contribution in [-0.2, 0) is 42.7 Å². The van der Waals surface area contributed by atoms with E-state index in [0.717, 1.165) is 0 Å². The molecule has 0 fully saturated rings. The molecule has 1 amide bonds. The second kappa shape index (κ2) is 7.54. The highest BCUT2D eigenvalue weighted by Crippen LogP contribution is 2.55. The Morgan fingerprint density at radius 1 is 0.760 bits per heavy atom. The van der Waals surface area contributed by atoms with Crippen LogP contribution < -0.4 is 5.73 Å². The molecule has 1 aliphatic carbocycles. The molecule has 0 spiro atoms. The van der Waals surface area contributed by atoms with Gasteiger partial charge in [-0.25, -0.2) is 0 Å². The number of methoxy groups -OCH3 is 8. The van der Waals surface area contributed by atoms with Gasteiger partial charge in [-0.15, -0.1) is 0 Å². The predicted molar refractivity (Wildman–Crippen MR) is 84.3 cm³/mol. The zero-order valence-electron chi connectivity index (χ0n) is 15.8. The number of nitrogens with two attached hydrogens (primary N) is 1. The molecule has 0 aromatic rings. The maximum Gasteiger partial charge on any atom is 0.291 e. The molecule has 0 bridgehead atoms. The van der Waals surface area contributed by atoms with Crippen LogP contribution >= 0.6 is 0 Å². The number of hydrogen-bond donors (Lipinski definition) is 1. The number of hydrogen-bond acceptors (Lipinski definition) is 9. The number of carbonyl (C=O) groups is 1. The Morgan fingerprint density at radius 2 is 1.20 bits per heavy atom. The SMILES string of the molecule is COC1=CC(OC)(C(N)=O)C(OC)(OC)C(OC)(OC)C1(OC)OC. The molecule has 0 aromatic carbocycles. The number of carbonyl (C=O) groups excluding carboxylic acids is 1. The number of rotatable bonds is 9. The first-order valence-corrected chi connectivity index (χ1v) is 7.22. The monoisotopic (exact) mass is 365 g/mol. The van der Waals surface area contributed by atoms with Gasteiger partial charge in [0.1, 0.15) is 0 Å². The summed E-state index contributed by atoms with van der Waals surface area (Å²) in [6, 6.07) is 0. The summed E-state index contributed by atoms with van der Waals surface area (Å²) in [6.45, 7) is 0. The third-order valence-electron chi connectivity index (χ3n) is 4.65. The average Bonchev–Trinajstić information content (AvgIpc) is 2.65. The first-order valence-electron chi connectivity index (χ1n) is 7.22. The van der Waals surface area contributed by atoms with Crippen LogP contribution in [0.25, 0.3) is 0 Å². The smallest absolute Gasteiger partial charge is 0.291 e. The van der Waals surface area contributed by atoms with Gasteiger partial charge in [0.15, 0.2) is 5.76 Å². The molecule has 0 saturated carbocycles. The van der Waals surface area contributed by atoms with Crippen molar-refractivity contribution in [1.82, 2.24) is 0 Å². The molecule has 146 valence electrons. The maximum atomic E-state index is 12.5. The van der Waals surface area contributed by atoms with E-state index in [0.29, 0.717) is 0 Å². The Kier molecular flexibility index (Phi) is 6.57. The van der Waals surface area contributed by atoms with Crippen molar-refractivity contribution >= 4 is 5.91 Å². The largest absolute Gasteiger partial charge is 0.495 e. The number of amides is 1. The van der Waals surface area contributed by atoms with Crippen molar-refractivity contribution in [2.45, 2.75) is 23.0 Å². The zero-order chi connectivity index (χ0) is 19.5. The highest BCUT2D eigenvalue weighted by molar-refractivity contribution is 5.88. The Morgan fingerprint density at radius 3 is 1.44 bits per heavy atom. The van der Waals surface area contributed by atoms with Crippen LogP contribution in [0, 0.1) is 0 Å². The zero-order valence-corrected chi connectivity index (χ0v) is 15.8. The molecule has 25 heavy (non-hydrogen) atoms. The minimum absolute atomic E-state index is 0.00609. The highest BCUT2D eigenvalue weighted by Gasteiger charge is 2.82. The minimum atomic E-state index is -2.07. The van der Waals surface area contributed by atoms with Gasteiger partial charge in [-0.05, 0) is 0 Å². The van der Waals surface area contributed by atoms with Crippen molar-refractivity contribution in [3.63, 3.8) is 0 Å². The normalized spacial score (nSPS) is 26.8. The van der Waals surface area contributed by atoms with Crippen LogP contribution in [-0.4, -0.2) is 85.7 Å². The van der Waals surface area contributed by atoms with E-state index in [1.165, 1.54) is 63.0 Å². The fourth-order valence-corrected chi connectivity index (χ4v) is 3.55. The molecule has 1 atom stereocenters. The lowest BCUT2D eigenvalue weighted by Gasteiger charge is -2.60. The summed E-state index contributed by atoms with van der Waals surface area (Å²) in [5.74, 6) is -6.86. The van der Waals surface area contributed by atoms with Crippen molar-refractivity contribution < 1.29 is 42.7 Å².